The molecule has 0 fully saturated rings. The fraction of sp³-hybridized carbons (Fsp3) is 0.500. The zero-order valence-corrected chi connectivity index (χ0v) is 7.94. The molecule has 3 nitrogen and oxygen atoms in total. The number of hydrogen-bond donors (Lipinski definition) is 1. The Morgan fingerprint density at radius 1 is 1.62 bits per heavy atom. The van der Waals surface area contributed by atoms with Crippen molar-refractivity contribution in [2.45, 2.75) is 19.4 Å². The summed E-state index contributed by atoms with van der Waals surface area (Å²) in [5.74, 6) is 0. The summed E-state index contributed by atoms with van der Waals surface area (Å²) in [4.78, 5) is 4.01. The van der Waals surface area contributed by atoms with E-state index in [1.165, 1.54) is 0 Å². The molecule has 1 rings (SSSR count). The van der Waals surface area contributed by atoms with Crippen molar-refractivity contribution in [1.82, 2.24) is 4.98 Å². The zero-order chi connectivity index (χ0) is 9.52. The van der Waals surface area contributed by atoms with Crippen LogP contribution in [0.15, 0.2) is 24.5 Å². The lowest BCUT2D eigenvalue weighted by molar-refractivity contribution is 0.140. The number of nitrogens with zero attached hydrogens (tertiary/aromatic N) is 1. The fourth-order valence-electron chi connectivity index (χ4n) is 1.12. The average Bonchev–Trinajstić information content (AvgIpc) is 2.19. The zero-order valence-electron chi connectivity index (χ0n) is 7.94. The topological polar surface area (TPSA) is 48.1 Å². The van der Waals surface area contributed by atoms with Gasteiger partial charge in [0.15, 0.2) is 0 Å². The van der Waals surface area contributed by atoms with Crippen LogP contribution in [0.2, 0.25) is 0 Å². The number of ether oxygens (including phenoxy) is 1. The summed E-state index contributed by atoms with van der Waals surface area (Å²) in [6, 6.07) is 3.93. The normalized spacial score (nSPS) is 12.8. The second-order valence-corrected chi connectivity index (χ2v) is 2.88. The smallest absolute Gasteiger partial charge is 0.0483 e. The summed E-state index contributed by atoms with van der Waals surface area (Å²) < 4.78 is 5.23. The monoisotopic (exact) mass is 180 g/mol. The molecule has 1 aromatic rings. The first-order valence-electron chi connectivity index (χ1n) is 4.58. The van der Waals surface area contributed by atoms with Crippen LogP contribution in [0.5, 0.6) is 0 Å². The van der Waals surface area contributed by atoms with Gasteiger partial charge in [0.25, 0.3) is 0 Å². The van der Waals surface area contributed by atoms with E-state index in [1.807, 2.05) is 19.1 Å². The van der Waals surface area contributed by atoms with Gasteiger partial charge in [0.1, 0.15) is 0 Å². The first kappa shape index (κ1) is 10.2. The molecule has 0 radical (unpaired) electrons. The molecular formula is C10H16N2O. The Balaban J connectivity index is 2.35. The molecule has 72 valence electrons. The maximum absolute atomic E-state index is 5.92. The molecule has 0 spiro atoms. The minimum Gasteiger partial charge on any atom is -0.382 e. The predicted molar refractivity (Wildman–Crippen MR) is 52.3 cm³/mol. The molecular weight excluding hydrogens is 164 g/mol. The Hall–Kier alpha value is -0.930. The van der Waals surface area contributed by atoms with Crippen LogP contribution in [0.3, 0.4) is 0 Å². The van der Waals surface area contributed by atoms with Gasteiger partial charge in [-0.25, -0.2) is 0 Å². The van der Waals surface area contributed by atoms with Crippen molar-refractivity contribution >= 4 is 0 Å². The van der Waals surface area contributed by atoms with Gasteiger partial charge in [-0.3, -0.25) is 4.98 Å². The van der Waals surface area contributed by atoms with Gasteiger partial charge in [0.2, 0.25) is 0 Å². The van der Waals surface area contributed by atoms with Crippen molar-refractivity contribution in [2.75, 3.05) is 13.2 Å². The van der Waals surface area contributed by atoms with Crippen LogP contribution in [0.4, 0.5) is 0 Å². The van der Waals surface area contributed by atoms with Gasteiger partial charge in [-0.1, -0.05) is 6.07 Å². The number of pyridine rings is 1. The van der Waals surface area contributed by atoms with Crippen LogP contribution < -0.4 is 5.73 Å². The van der Waals surface area contributed by atoms with Gasteiger partial charge in [0, 0.05) is 31.6 Å². The van der Waals surface area contributed by atoms with Crippen LogP contribution in [-0.2, 0) is 4.74 Å². The summed E-state index contributed by atoms with van der Waals surface area (Å²) in [5.41, 5.74) is 6.99. The Morgan fingerprint density at radius 2 is 2.46 bits per heavy atom. The first-order chi connectivity index (χ1) is 6.34. The lowest BCUT2D eigenvalue weighted by Gasteiger charge is -2.10. The molecule has 1 atom stereocenters. The van der Waals surface area contributed by atoms with E-state index >= 15 is 0 Å². The predicted octanol–water partition coefficient (Wildman–Crippen LogP) is 1.51. The average molecular weight is 180 g/mol. The Kier molecular flexibility index (Phi) is 4.43. The standard InChI is InChI=1S/C10H16N2O/c1-2-13-7-5-10(11)9-4-3-6-12-8-9/h3-4,6,8,10H,2,5,7,11H2,1H3. The van der Waals surface area contributed by atoms with E-state index in [-0.39, 0.29) is 6.04 Å². The maximum Gasteiger partial charge on any atom is 0.0483 e. The van der Waals surface area contributed by atoms with E-state index in [0.29, 0.717) is 6.61 Å². The molecule has 0 aromatic carbocycles. The third-order valence-electron chi connectivity index (χ3n) is 1.89. The van der Waals surface area contributed by atoms with Crippen LogP contribution in [0.25, 0.3) is 0 Å². The van der Waals surface area contributed by atoms with Crippen LogP contribution in [0.1, 0.15) is 24.9 Å². The minimum absolute atomic E-state index is 0.0419. The van der Waals surface area contributed by atoms with Crippen molar-refractivity contribution in [3.05, 3.63) is 30.1 Å². The third kappa shape index (κ3) is 3.53. The van der Waals surface area contributed by atoms with E-state index < -0.39 is 0 Å². The van der Waals surface area contributed by atoms with Gasteiger partial charge in [-0.2, -0.15) is 0 Å². The molecule has 1 aromatic heterocycles. The molecule has 0 saturated heterocycles. The van der Waals surface area contributed by atoms with Crippen LogP contribution >= 0.6 is 0 Å². The molecule has 0 aliphatic rings. The fourth-order valence-corrected chi connectivity index (χ4v) is 1.12. The lowest BCUT2D eigenvalue weighted by Crippen LogP contribution is -2.13. The van der Waals surface area contributed by atoms with Crippen molar-refractivity contribution in [2.24, 2.45) is 5.73 Å². The molecule has 0 bridgehead atoms. The van der Waals surface area contributed by atoms with E-state index in [0.717, 1.165) is 18.6 Å². The summed E-state index contributed by atoms with van der Waals surface area (Å²) in [5, 5.41) is 0. The van der Waals surface area contributed by atoms with Crippen molar-refractivity contribution in [3.63, 3.8) is 0 Å². The Morgan fingerprint density at radius 3 is 3.08 bits per heavy atom. The van der Waals surface area contributed by atoms with Crippen molar-refractivity contribution in [3.8, 4) is 0 Å². The highest BCUT2D eigenvalue weighted by Gasteiger charge is 2.04. The highest BCUT2D eigenvalue weighted by atomic mass is 16.5. The highest BCUT2D eigenvalue weighted by Crippen LogP contribution is 2.11. The molecule has 0 aliphatic carbocycles. The maximum atomic E-state index is 5.92. The SMILES string of the molecule is CCOCCC(N)c1cccnc1. The van der Waals surface area contributed by atoms with Gasteiger partial charge in [0.05, 0.1) is 0 Å². The molecule has 1 heterocycles. The second-order valence-electron chi connectivity index (χ2n) is 2.88. The molecule has 3 heteroatoms. The first-order valence-corrected chi connectivity index (χ1v) is 4.58. The Labute approximate surface area is 78.9 Å². The summed E-state index contributed by atoms with van der Waals surface area (Å²) in [7, 11) is 0. The van der Waals surface area contributed by atoms with Gasteiger partial charge >= 0.3 is 0 Å². The van der Waals surface area contributed by atoms with E-state index in [1.54, 1.807) is 12.4 Å². The number of rotatable bonds is 5. The van der Waals surface area contributed by atoms with Crippen LogP contribution in [-0.4, -0.2) is 18.2 Å². The number of nitrogens with two attached hydrogens (primary N) is 1. The van der Waals surface area contributed by atoms with Crippen LogP contribution in [0, 0.1) is 0 Å². The summed E-state index contributed by atoms with van der Waals surface area (Å²) >= 11 is 0. The second kappa shape index (κ2) is 5.67. The number of hydrogen-bond acceptors (Lipinski definition) is 3. The molecule has 2 N–H and O–H groups in total. The Bertz CT molecular complexity index is 226. The van der Waals surface area contributed by atoms with Gasteiger partial charge in [-0.15, -0.1) is 0 Å². The highest BCUT2D eigenvalue weighted by molar-refractivity contribution is 5.12. The van der Waals surface area contributed by atoms with Gasteiger partial charge in [-0.05, 0) is 25.0 Å². The van der Waals surface area contributed by atoms with Crippen molar-refractivity contribution in [1.29, 1.82) is 0 Å². The molecule has 13 heavy (non-hydrogen) atoms. The molecule has 1 unspecified atom stereocenters. The van der Waals surface area contributed by atoms with E-state index in [2.05, 4.69) is 4.98 Å². The summed E-state index contributed by atoms with van der Waals surface area (Å²) in [6.45, 7) is 3.45. The quantitative estimate of drug-likeness (QED) is 0.699. The molecule has 0 amide bonds. The molecule has 0 aliphatic heterocycles. The molecule has 0 saturated carbocycles. The third-order valence-corrected chi connectivity index (χ3v) is 1.89. The van der Waals surface area contributed by atoms with Crippen molar-refractivity contribution < 1.29 is 4.74 Å². The lowest BCUT2D eigenvalue weighted by atomic mass is 10.1. The van der Waals surface area contributed by atoms with E-state index in [4.69, 9.17) is 10.5 Å². The summed E-state index contributed by atoms with van der Waals surface area (Å²) in [6.07, 6.45) is 4.40. The number of aromatic nitrogens is 1. The van der Waals surface area contributed by atoms with Gasteiger partial charge < -0.3 is 10.5 Å². The minimum atomic E-state index is 0.0419. The largest absolute Gasteiger partial charge is 0.382 e. The van der Waals surface area contributed by atoms with E-state index in [9.17, 15) is 0 Å².